The lowest BCUT2D eigenvalue weighted by atomic mass is 9.96. The number of nitrogens with one attached hydrogen (secondary N) is 1. The van der Waals surface area contributed by atoms with Crippen LogP contribution in [0.25, 0.3) is 11.3 Å². The summed E-state index contributed by atoms with van der Waals surface area (Å²) < 4.78 is 16.1. The van der Waals surface area contributed by atoms with Crippen LogP contribution >= 0.6 is 0 Å². The molecule has 0 aromatic carbocycles. The van der Waals surface area contributed by atoms with E-state index in [0.717, 1.165) is 66.2 Å². The highest BCUT2D eigenvalue weighted by atomic mass is 19.1. The molecule has 3 atom stereocenters. The van der Waals surface area contributed by atoms with Gasteiger partial charge in [-0.25, -0.2) is 13.9 Å². The smallest absolute Gasteiger partial charge is 0.166 e. The molecule has 1 saturated carbocycles. The van der Waals surface area contributed by atoms with Crippen molar-refractivity contribution in [1.29, 1.82) is 0 Å². The van der Waals surface area contributed by atoms with Gasteiger partial charge in [0.2, 0.25) is 0 Å². The van der Waals surface area contributed by atoms with E-state index in [-0.39, 0.29) is 17.4 Å². The standard InChI is InChI=1S/C22H23FN6/c1-13-3-4-19-18(9-16(23)11-24-19)22-10-15(22)5-7-28(22)20-6-8-29-21(27-20)17(12-25-29)14(2)26-13/h6,8-9,11-13,15,26H,2-5,7,10H2,1H3/t13-,15-,22+/m0/s1. The summed E-state index contributed by atoms with van der Waals surface area (Å²) in [6.07, 6.45) is 8.94. The first-order valence-electron chi connectivity index (χ1n) is 10.3. The molecule has 6 rings (SSSR count). The summed E-state index contributed by atoms with van der Waals surface area (Å²) in [5.41, 5.74) is 4.40. The highest BCUT2D eigenvalue weighted by molar-refractivity contribution is 5.74. The monoisotopic (exact) mass is 390 g/mol. The van der Waals surface area contributed by atoms with E-state index in [9.17, 15) is 4.39 Å². The molecule has 3 aliphatic rings. The lowest BCUT2D eigenvalue weighted by Gasteiger charge is -2.31. The minimum absolute atomic E-state index is 0.183. The zero-order valence-electron chi connectivity index (χ0n) is 16.4. The van der Waals surface area contributed by atoms with E-state index in [4.69, 9.17) is 4.98 Å². The average Bonchev–Trinajstić information content (AvgIpc) is 3.09. The van der Waals surface area contributed by atoms with Gasteiger partial charge in [-0.2, -0.15) is 5.10 Å². The Hall–Kier alpha value is -2.96. The van der Waals surface area contributed by atoms with E-state index in [0.29, 0.717) is 5.92 Å². The van der Waals surface area contributed by atoms with Gasteiger partial charge in [0.05, 0.1) is 23.5 Å². The number of hydrogen-bond acceptors (Lipinski definition) is 5. The molecular formula is C22H23FN6. The number of aromatic nitrogens is 4. The zero-order valence-corrected chi connectivity index (χ0v) is 16.4. The zero-order chi connectivity index (χ0) is 19.8. The molecular weight excluding hydrogens is 367 g/mol. The number of aryl methyl sites for hydroxylation is 1. The van der Waals surface area contributed by atoms with Crippen LogP contribution in [0, 0.1) is 11.7 Å². The number of piperidine rings is 1. The lowest BCUT2D eigenvalue weighted by molar-refractivity contribution is 0.567. The molecule has 0 unspecified atom stereocenters. The molecule has 6 nitrogen and oxygen atoms in total. The van der Waals surface area contributed by atoms with Crippen molar-refractivity contribution < 1.29 is 4.39 Å². The van der Waals surface area contributed by atoms with Crippen LogP contribution in [0.3, 0.4) is 0 Å². The van der Waals surface area contributed by atoms with Crippen LogP contribution in [0.5, 0.6) is 0 Å². The summed E-state index contributed by atoms with van der Waals surface area (Å²) in [7, 11) is 0. The fraction of sp³-hybridized carbons (Fsp3) is 0.409. The highest BCUT2D eigenvalue weighted by Gasteiger charge is 2.64. The minimum atomic E-state index is -0.263. The maximum Gasteiger partial charge on any atom is 0.166 e. The Morgan fingerprint density at radius 3 is 3.07 bits per heavy atom. The number of halogens is 1. The first-order valence-corrected chi connectivity index (χ1v) is 10.3. The SMILES string of the molecule is C=C1N[C@@H](C)CCc2ncc(F)cc2[C@@]23C[C@@H]2CCN3c2ccn3ncc1c3n2. The Balaban J connectivity index is 1.57. The maximum atomic E-state index is 14.3. The summed E-state index contributed by atoms with van der Waals surface area (Å²) in [5.74, 6) is 1.18. The number of pyridine rings is 1. The second-order valence-corrected chi connectivity index (χ2v) is 8.59. The molecule has 1 aliphatic carbocycles. The van der Waals surface area contributed by atoms with Gasteiger partial charge in [-0.05, 0) is 50.7 Å². The number of fused-ring (bicyclic) bond motifs is 3. The second-order valence-electron chi connectivity index (χ2n) is 8.59. The van der Waals surface area contributed by atoms with Crippen molar-refractivity contribution in [3.8, 4) is 0 Å². The van der Waals surface area contributed by atoms with Gasteiger partial charge in [0.1, 0.15) is 11.6 Å². The Labute approximate surface area is 168 Å². The molecule has 7 heteroatoms. The fourth-order valence-electron chi connectivity index (χ4n) is 5.33. The third-order valence-electron chi connectivity index (χ3n) is 6.85. The van der Waals surface area contributed by atoms with E-state index in [2.05, 4.69) is 33.8 Å². The minimum Gasteiger partial charge on any atom is -0.382 e. The molecule has 2 bridgehead atoms. The Morgan fingerprint density at radius 1 is 1.31 bits per heavy atom. The highest BCUT2D eigenvalue weighted by Crippen LogP contribution is 2.63. The molecule has 1 saturated heterocycles. The Bertz CT molecular complexity index is 1150. The van der Waals surface area contributed by atoms with Crippen LogP contribution in [0.1, 0.15) is 43.0 Å². The van der Waals surface area contributed by atoms with Crippen LogP contribution in [0.2, 0.25) is 0 Å². The first kappa shape index (κ1) is 16.9. The van der Waals surface area contributed by atoms with Crippen molar-refractivity contribution >= 4 is 17.2 Å². The molecule has 5 heterocycles. The number of rotatable bonds is 0. The number of hydrogen-bond donors (Lipinski definition) is 1. The van der Waals surface area contributed by atoms with Crippen molar-refractivity contribution in [3.63, 3.8) is 0 Å². The average molecular weight is 390 g/mol. The second kappa shape index (κ2) is 5.78. The van der Waals surface area contributed by atoms with E-state index in [1.165, 1.54) is 6.20 Å². The normalized spacial score (nSPS) is 28.1. The van der Waals surface area contributed by atoms with Gasteiger partial charge in [-0.1, -0.05) is 6.58 Å². The van der Waals surface area contributed by atoms with Crippen molar-refractivity contribution in [1.82, 2.24) is 24.9 Å². The van der Waals surface area contributed by atoms with E-state index >= 15 is 0 Å². The quantitative estimate of drug-likeness (QED) is 0.638. The molecule has 148 valence electrons. The Morgan fingerprint density at radius 2 is 2.21 bits per heavy atom. The molecule has 3 aromatic rings. The molecule has 3 aromatic heterocycles. The molecule has 0 amide bonds. The van der Waals surface area contributed by atoms with E-state index < -0.39 is 0 Å². The molecule has 29 heavy (non-hydrogen) atoms. The predicted molar refractivity (Wildman–Crippen MR) is 109 cm³/mol. The number of anilines is 1. The van der Waals surface area contributed by atoms with Gasteiger partial charge < -0.3 is 10.2 Å². The number of nitrogens with zero attached hydrogens (tertiary/aromatic N) is 5. The van der Waals surface area contributed by atoms with E-state index in [1.807, 2.05) is 18.5 Å². The summed E-state index contributed by atoms with van der Waals surface area (Å²) in [6.45, 7) is 7.28. The van der Waals surface area contributed by atoms with Crippen LogP contribution < -0.4 is 10.2 Å². The van der Waals surface area contributed by atoms with Crippen molar-refractivity contribution in [2.75, 3.05) is 11.4 Å². The third kappa shape index (κ3) is 2.36. The largest absolute Gasteiger partial charge is 0.382 e. The van der Waals surface area contributed by atoms with Crippen LogP contribution in [0.4, 0.5) is 10.2 Å². The van der Waals surface area contributed by atoms with Gasteiger partial charge >= 0.3 is 0 Å². The van der Waals surface area contributed by atoms with Crippen molar-refractivity contribution in [2.45, 2.75) is 44.2 Å². The van der Waals surface area contributed by atoms with E-state index in [1.54, 1.807) is 10.6 Å². The first-order chi connectivity index (χ1) is 14.1. The summed E-state index contributed by atoms with van der Waals surface area (Å²) in [6, 6.07) is 3.92. The molecule has 0 radical (unpaired) electrons. The van der Waals surface area contributed by atoms with Gasteiger partial charge in [0.15, 0.2) is 5.65 Å². The van der Waals surface area contributed by atoms with Gasteiger partial charge in [0.25, 0.3) is 0 Å². The van der Waals surface area contributed by atoms with Crippen molar-refractivity contribution in [2.24, 2.45) is 5.92 Å². The van der Waals surface area contributed by atoms with Gasteiger partial charge in [-0.15, -0.1) is 0 Å². The van der Waals surface area contributed by atoms with Crippen LogP contribution in [-0.2, 0) is 12.0 Å². The molecule has 2 fully saturated rings. The van der Waals surface area contributed by atoms with Gasteiger partial charge in [-0.3, -0.25) is 4.98 Å². The maximum absolute atomic E-state index is 14.3. The topological polar surface area (TPSA) is 58.4 Å². The Kier molecular flexibility index (Phi) is 3.38. The summed E-state index contributed by atoms with van der Waals surface area (Å²) in [5, 5.41) is 7.93. The van der Waals surface area contributed by atoms with Crippen molar-refractivity contribution in [3.05, 3.63) is 59.9 Å². The molecule has 1 spiro atoms. The van der Waals surface area contributed by atoms with Crippen LogP contribution in [-0.4, -0.2) is 32.2 Å². The lowest BCUT2D eigenvalue weighted by Crippen LogP contribution is -2.35. The molecule has 2 aliphatic heterocycles. The summed E-state index contributed by atoms with van der Waals surface area (Å²) >= 11 is 0. The van der Waals surface area contributed by atoms with Gasteiger partial charge in [0, 0.05) is 35.7 Å². The summed E-state index contributed by atoms with van der Waals surface area (Å²) in [4.78, 5) is 11.9. The predicted octanol–water partition coefficient (Wildman–Crippen LogP) is 3.28. The van der Waals surface area contributed by atoms with Crippen LogP contribution in [0.15, 0.2) is 37.3 Å². The molecule has 1 N–H and O–H groups in total. The third-order valence-corrected chi connectivity index (χ3v) is 6.85. The fourth-order valence-corrected chi connectivity index (χ4v) is 5.33.